The number of nitrogens with zero attached hydrogens (tertiary/aromatic N) is 4. The maximum Gasteiger partial charge on any atom is 0.221 e. The summed E-state index contributed by atoms with van der Waals surface area (Å²) in [5, 5.41) is 7.05. The number of carbonyl (C=O) groups excluding carboxylic acids is 1. The Kier molecular flexibility index (Phi) is 6.17. The summed E-state index contributed by atoms with van der Waals surface area (Å²) in [6.07, 6.45) is 7.59. The lowest BCUT2D eigenvalue weighted by Gasteiger charge is -2.06. The quantitative estimate of drug-likeness (QED) is 0.630. The van der Waals surface area contributed by atoms with Gasteiger partial charge in [0, 0.05) is 49.3 Å². The van der Waals surface area contributed by atoms with Gasteiger partial charge in [-0.1, -0.05) is 12.1 Å². The minimum absolute atomic E-state index is 0.0460. The molecule has 0 spiro atoms. The van der Waals surface area contributed by atoms with Crippen LogP contribution in [-0.2, 0) is 17.1 Å². The summed E-state index contributed by atoms with van der Waals surface area (Å²) >= 11 is 1.71. The molecular formula is C18H19N5OS. The third-order valence-corrected chi connectivity index (χ3v) is 4.48. The number of amides is 1. The van der Waals surface area contributed by atoms with E-state index in [9.17, 15) is 4.79 Å². The Morgan fingerprint density at radius 3 is 2.80 bits per heavy atom. The van der Waals surface area contributed by atoms with Crippen LogP contribution < -0.4 is 5.32 Å². The number of hydrogen-bond donors (Lipinski definition) is 1. The van der Waals surface area contributed by atoms with Crippen molar-refractivity contribution in [2.24, 2.45) is 0 Å². The molecule has 6 nitrogen and oxygen atoms in total. The van der Waals surface area contributed by atoms with E-state index < -0.39 is 0 Å². The highest BCUT2D eigenvalue weighted by molar-refractivity contribution is 7.98. The lowest BCUT2D eigenvalue weighted by atomic mass is 10.2. The maximum atomic E-state index is 11.9. The normalized spacial score (nSPS) is 10.6. The molecule has 0 radical (unpaired) electrons. The average molecular weight is 353 g/mol. The fourth-order valence-corrected chi connectivity index (χ4v) is 3.03. The van der Waals surface area contributed by atoms with Crippen molar-refractivity contribution in [3.8, 4) is 5.82 Å². The summed E-state index contributed by atoms with van der Waals surface area (Å²) in [7, 11) is 0. The van der Waals surface area contributed by atoms with Gasteiger partial charge >= 0.3 is 0 Å². The first-order valence-corrected chi connectivity index (χ1v) is 9.16. The fraction of sp³-hybridized carbons (Fsp3) is 0.222. The van der Waals surface area contributed by atoms with Gasteiger partial charge in [-0.05, 0) is 29.8 Å². The summed E-state index contributed by atoms with van der Waals surface area (Å²) in [5.41, 5.74) is 2.00. The molecule has 0 unspecified atom stereocenters. The van der Waals surface area contributed by atoms with Crippen molar-refractivity contribution in [2.45, 2.75) is 18.7 Å². The Balaban J connectivity index is 1.36. The second-order valence-electron chi connectivity index (χ2n) is 5.38. The lowest BCUT2D eigenvalue weighted by molar-refractivity contribution is -0.120. The van der Waals surface area contributed by atoms with Crippen LogP contribution in [0.25, 0.3) is 5.82 Å². The van der Waals surface area contributed by atoms with Crippen LogP contribution in [0.2, 0.25) is 0 Å². The van der Waals surface area contributed by atoms with E-state index in [1.807, 2.05) is 42.6 Å². The standard InChI is InChI=1S/C18H19N5OS/c24-18(7-11-25-14-16-4-1-2-8-19-16)21-13-15-5-6-17(20-12-15)23-10-3-9-22-23/h1-6,8-10,12H,7,11,13-14H2,(H,21,24). The van der Waals surface area contributed by atoms with Crippen LogP contribution in [0.3, 0.4) is 0 Å². The van der Waals surface area contributed by atoms with Crippen molar-refractivity contribution >= 4 is 17.7 Å². The zero-order valence-corrected chi connectivity index (χ0v) is 14.5. The molecule has 0 aliphatic carbocycles. The van der Waals surface area contributed by atoms with E-state index in [0.717, 1.165) is 28.6 Å². The molecule has 0 bridgehead atoms. The highest BCUT2D eigenvalue weighted by atomic mass is 32.2. The molecule has 1 N–H and O–H groups in total. The number of hydrogen-bond acceptors (Lipinski definition) is 5. The van der Waals surface area contributed by atoms with Gasteiger partial charge < -0.3 is 5.32 Å². The monoisotopic (exact) mass is 353 g/mol. The Bertz CT molecular complexity index is 775. The minimum atomic E-state index is 0.0460. The lowest BCUT2D eigenvalue weighted by Crippen LogP contribution is -2.23. The van der Waals surface area contributed by atoms with Crippen LogP contribution in [0.5, 0.6) is 0 Å². The Hall–Kier alpha value is -2.67. The Morgan fingerprint density at radius 2 is 2.08 bits per heavy atom. The van der Waals surface area contributed by atoms with Gasteiger partial charge in [0.05, 0.1) is 5.69 Å². The summed E-state index contributed by atoms with van der Waals surface area (Å²) < 4.78 is 1.70. The molecule has 0 fully saturated rings. The molecule has 25 heavy (non-hydrogen) atoms. The maximum absolute atomic E-state index is 11.9. The van der Waals surface area contributed by atoms with E-state index in [1.54, 1.807) is 35.0 Å². The van der Waals surface area contributed by atoms with Crippen LogP contribution in [-0.4, -0.2) is 31.4 Å². The molecule has 3 heterocycles. The molecule has 3 aromatic rings. The van der Waals surface area contributed by atoms with Gasteiger partial charge in [0.2, 0.25) is 5.91 Å². The SMILES string of the molecule is O=C(CCSCc1ccccn1)NCc1ccc(-n2cccn2)nc1. The van der Waals surface area contributed by atoms with Crippen molar-refractivity contribution in [3.05, 3.63) is 72.4 Å². The molecule has 3 aromatic heterocycles. The van der Waals surface area contributed by atoms with Gasteiger partial charge in [-0.2, -0.15) is 16.9 Å². The third kappa shape index (κ3) is 5.42. The van der Waals surface area contributed by atoms with E-state index in [1.165, 1.54) is 0 Å². The van der Waals surface area contributed by atoms with Gasteiger partial charge in [0.15, 0.2) is 5.82 Å². The summed E-state index contributed by atoms with van der Waals surface area (Å²) in [4.78, 5) is 20.5. The van der Waals surface area contributed by atoms with E-state index >= 15 is 0 Å². The molecule has 0 aliphatic heterocycles. The van der Waals surface area contributed by atoms with Crippen LogP contribution in [0.15, 0.2) is 61.2 Å². The van der Waals surface area contributed by atoms with E-state index in [4.69, 9.17) is 0 Å². The summed E-state index contributed by atoms with van der Waals surface area (Å²) in [6, 6.07) is 11.5. The van der Waals surface area contributed by atoms with Gasteiger partial charge in [0.1, 0.15) is 0 Å². The second-order valence-corrected chi connectivity index (χ2v) is 6.48. The molecule has 3 rings (SSSR count). The fourth-order valence-electron chi connectivity index (χ4n) is 2.18. The highest BCUT2D eigenvalue weighted by Gasteiger charge is 2.03. The molecular weight excluding hydrogens is 334 g/mol. The molecule has 0 atom stereocenters. The second kappa shape index (κ2) is 8.98. The van der Waals surface area contributed by atoms with Crippen LogP contribution in [0.4, 0.5) is 0 Å². The first kappa shape index (κ1) is 17.2. The summed E-state index contributed by atoms with van der Waals surface area (Å²) in [6.45, 7) is 0.482. The predicted octanol–water partition coefficient (Wildman–Crippen LogP) is 2.60. The van der Waals surface area contributed by atoms with Gasteiger partial charge in [0.25, 0.3) is 0 Å². The largest absolute Gasteiger partial charge is 0.352 e. The van der Waals surface area contributed by atoms with Gasteiger partial charge in [-0.15, -0.1) is 0 Å². The molecule has 128 valence electrons. The minimum Gasteiger partial charge on any atom is -0.352 e. The van der Waals surface area contributed by atoms with Crippen LogP contribution >= 0.6 is 11.8 Å². The highest BCUT2D eigenvalue weighted by Crippen LogP contribution is 2.10. The van der Waals surface area contributed by atoms with Crippen LogP contribution in [0, 0.1) is 0 Å². The van der Waals surface area contributed by atoms with Crippen molar-refractivity contribution in [1.82, 2.24) is 25.1 Å². The molecule has 7 heteroatoms. The number of nitrogens with one attached hydrogen (secondary N) is 1. The summed E-state index contributed by atoms with van der Waals surface area (Å²) in [5.74, 6) is 2.40. The zero-order valence-electron chi connectivity index (χ0n) is 13.7. The first-order chi connectivity index (χ1) is 12.3. The number of rotatable bonds is 8. The number of pyridine rings is 2. The van der Waals surface area contributed by atoms with E-state index in [2.05, 4.69) is 20.4 Å². The predicted molar refractivity (Wildman–Crippen MR) is 98.2 cm³/mol. The van der Waals surface area contributed by atoms with Crippen LogP contribution in [0.1, 0.15) is 17.7 Å². The topological polar surface area (TPSA) is 72.7 Å². The smallest absolute Gasteiger partial charge is 0.221 e. The average Bonchev–Trinajstić information content (AvgIpc) is 3.20. The van der Waals surface area contributed by atoms with E-state index in [-0.39, 0.29) is 5.91 Å². The molecule has 1 amide bonds. The number of thioether (sulfide) groups is 1. The van der Waals surface area contributed by atoms with Gasteiger partial charge in [-0.25, -0.2) is 9.67 Å². The van der Waals surface area contributed by atoms with E-state index in [0.29, 0.717) is 13.0 Å². The molecule has 0 saturated heterocycles. The first-order valence-electron chi connectivity index (χ1n) is 8.00. The molecule has 0 saturated carbocycles. The van der Waals surface area contributed by atoms with Crippen molar-refractivity contribution in [1.29, 1.82) is 0 Å². The zero-order chi connectivity index (χ0) is 17.3. The Labute approximate surface area is 150 Å². The van der Waals surface area contributed by atoms with Crippen molar-refractivity contribution in [3.63, 3.8) is 0 Å². The molecule has 0 aromatic carbocycles. The Morgan fingerprint density at radius 1 is 1.12 bits per heavy atom. The number of carbonyl (C=O) groups is 1. The van der Waals surface area contributed by atoms with Gasteiger partial charge in [-0.3, -0.25) is 9.78 Å². The van der Waals surface area contributed by atoms with Crippen molar-refractivity contribution in [2.75, 3.05) is 5.75 Å². The van der Waals surface area contributed by atoms with Crippen molar-refractivity contribution < 1.29 is 4.79 Å². The molecule has 0 aliphatic rings. The third-order valence-electron chi connectivity index (χ3n) is 3.49. The number of aromatic nitrogens is 4.